The summed E-state index contributed by atoms with van der Waals surface area (Å²) in [5, 5.41) is 0. The molecule has 1 aliphatic heterocycles. The third-order valence-corrected chi connectivity index (χ3v) is 5.04. The van der Waals surface area contributed by atoms with E-state index >= 15 is 0 Å². The Hall–Kier alpha value is -0.313. The molecule has 0 aromatic heterocycles. The van der Waals surface area contributed by atoms with Gasteiger partial charge in [-0.15, -0.1) is 5.92 Å². The number of ether oxygens (including phenoxy) is 2. The molecule has 1 heterocycles. The second-order valence-electron chi connectivity index (χ2n) is 6.02. The molecule has 112 valence electrons. The maximum atomic E-state index is 12.4. The third-order valence-electron chi connectivity index (χ3n) is 3.43. The summed E-state index contributed by atoms with van der Waals surface area (Å²) < 4.78 is 36.2. The van der Waals surface area contributed by atoms with Crippen molar-refractivity contribution in [3.05, 3.63) is 36.1 Å². The first kappa shape index (κ1) is 18.7. The molecule has 0 amide bonds. The monoisotopic (exact) mass is 304 g/mol. The Morgan fingerprint density at radius 1 is 1.14 bits per heavy atom. The molecule has 6 heteroatoms. The third kappa shape index (κ3) is 4.58. The zero-order valence-electron chi connectivity index (χ0n) is 13.3. The molecule has 0 bridgehead atoms. The van der Waals surface area contributed by atoms with Crippen LogP contribution in [0, 0.1) is 11.7 Å². The van der Waals surface area contributed by atoms with Crippen LogP contribution in [0.5, 0.6) is 0 Å². The van der Waals surface area contributed by atoms with Gasteiger partial charge in [-0.1, -0.05) is 18.2 Å². The van der Waals surface area contributed by atoms with E-state index in [-0.39, 0.29) is 24.8 Å². The van der Waals surface area contributed by atoms with E-state index in [9.17, 15) is 8.42 Å². The molecule has 2 rings (SSSR count). The van der Waals surface area contributed by atoms with E-state index in [4.69, 9.17) is 9.47 Å². The van der Waals surface area contributed by atoms with Crippen molar-refractivity contribution in [3.8, 4) is 0 Å². The molecule has 0 unspecified atom stereocenters. The quantitative estimate of drug-likeness (QED) is 0.573. The molecular formula is C15H21LiO4S. The number of hydrogen-bond acceptors (Lipinski definition) is 4. The van der Waals surface area contributed by atoms with Gasteiger partial charge in [0.1, 0.15) is 0 Å². The van der Waals surface area contributed by atoms with E-state index in [0.717, 1.165) is 0 Å². The summed E-state index contributed by atoms with van der Waals surface area (Å²) in [5.74, 6) is 0.336. The Morgan fingerprint density at radius 3 is 2.24 bits per heavy atom. The standard InChI is InChI=1S/C15H21O4S.Li/c1-14(2)12(10-18-15(3,4)19-14)11-20(16,17)13-8-6-5-7-9-13;/h5-9,11-12H,10H2,1-4H3;/q-1;+1/t12-;/m0./s1. The molecule has 0 radical (unpaired) electrons. The summed E-state index contributed by atoms with van der Waals surface area (Å²) in [5.41, 5.74) is -0.594. The average Bonchev–Trinajstić information content (AvgIpc) is 2.33. The minimum Gasteiger partial charge on any atom is -0.353 e. The number of rotatable bonds is 3. The van der Waals surface area contributed by atoms with Gasteiger partial charge in [-0.05, 0) is 39.8 Å². The Bertz CT molecular complexity index is 567. The molecule has 0 aliphatic carbocycles. The van der Waals surface area contributed by atoms with Crippen molar-refractivity contribution in [2.45, 2.75) is 44.0 Å². The first-order chi connectivity index (χ1) is 9.12. The van der Waals surface area contributed by atoms with Crippen molar-refractivity contribution in [3.63, 3.8) is 0 Å². The summed E-state index contributed by atoms with van der Waals surface area (Å²) in [6, 6.07) is 8.39. The summed E-state index contributed by atoms with van der Waals surface area (Å²) in [6.45, 7) is 7.76. The molecule has 4 nitrogen and oxygen atoms in total. The molecule has 1 aliphatic rings. The molecule has 0 spiro atoms. The van der Waals surface area contributed by atoms with E-state index in [1.807, 2.05) is 27.7 Å². The van der Waals surface area contributed by atoms with Crippen molar-refractivity contribution in [1.82, 2.24) is 0 Å². The predicted octanol–water partition coefficient (Wildman–Crippen LogP) is -0.196. The summed E-state index contributed by atoms with van der Waals surface area (Å²) in [6.07, 6.45) is 0. The van der Waals surface area contributed by atoms with Gasteiger partial charge in [-0.2, -0.15) is 5.75 Å². The second-order valence-corrected chi connectivity index (χ2v) is 7.85. The first-order valence-corrected chi connectivity index (χ1v) is 8.16. The van der Waals surface area contributed by atoms with Crippen molar-refractivity contribution in [2.24, 2.45) is 5.92 Å². The van der Waals surface area contributed by atoms with Gasteiger partial charge in [-0.25, -0.2) is 0 Å². The zero-order valence-corrected chi connectivity index (χ0v) is 14.1. The fourth-order valence-corrected chi connectivity index (χ4v) is 3.87. The zero-order chi connectivity index (χ0) is 15.0. The molecular weight excluding hydrogens is 283 g/mol. The molecule has 1 aromatic rings. The van der Waals surface area contributed by atoms with Crippen LogP contribution in [0.1, 0.15) is 27.7 Å². The smallest absolute Gasteiger partial charge is 0.353 e. The van der Waals surface area contributed by atoms with E-state index in [1.54, 1.807) is 30.3 Å². The number of hydrogen-bond donors (Lipinski definition) is 0. The predicted molar refractivity (Wildman–Crippen MR) is 76.6 cm³/mol. The van der Waals surface area contributed by atoms with Gasteiger partial charge in [0.2, 0.25) is 0 Å². The second kappa shape index (κ2) is 6.43. The SMILES string of the molecule is CC1(C)OC[C@@H]([CH-]S(=O)(=O)c2ccccc2)C(C)(C)O1.[Li+]. The van der Waals surface area contributed by atoms with Crippen molar-refractivity contribution in [1.29, 1.82) is 0 Å². The average molecular weight is 304 g/mol. The van der Waals surface area contributed by atoms with Crippen LogP contribution in [0.4, 0.5) is 0 Å². The number of benzene rings is 1. The Balaban J connectivity index is 0.00000220. The molecule has 0 N–H and O–H groups in total. The molecule has 1 aromatic carbocycles. The van der Waals surface area contributed by atoms with E-state index in [2.05, 4.69) is 0 Å². The molecule has 0 saturated carbocycles. The first-order valence-electron chi connectivity index (χ1n) is 6.62. The van der Waals surface area contributed by atoms with Crippen LogP contribution >= 0.6 is 0 Å². The van der Waals surface area contributed by atoms with E-state index in [0.29, 0.717) is 11.5 Å². The van der Waals surface area contributed by atoms with Crippen LogP contribution in [-0.2, 0) is 19.3 Å². The number of sulfone groups is 1. The van der Waals surface area contributed by atoms with Gasteiger partial charge in [0.15, 0.2) is 5.79 Å². The van der Waals surface area contributed by atoms with E-state index < -0.39 is 21.2 Å². The van der Waals surface area contributed by atoms with Crippen molar-refractivity contribution >= 4 is 9.84 Å². The Morgan fingerprint density at radius 2 is 1.71 bits per heavy atom. The molecule has 1 saturated heterocycles. The van der Waals surface area contributed by atoms with Crippen LogP contribution < -0.4 is 18.9 Å². The van der Waals surface area contributed by atoms with Crippen LogP contribution in [0.15, 0.2) is 35.2 Å². The van der Waals surface area contributed by atoms with Crippen molar-refractivity contribution in [2.75, 3.05) is 6.61 Å². The van der Waals surface area contributed by atoms with Crippen LogP contribution in [-0.4, -0.2) is 26.4 Å². The fourth-order valence-electron chi connectivity index (χ4n) is 2.34. The maximum Gasteiger partial charge on any atom is 1.00 e. The Labute approximate surface area is 139 Å². The minimum absolute atomic E-state index is 0. The maximum absolute atomic E-state index is 12.4. The summed E-state index contributed by atoms with van der Waals surface area (Å²) in [4.78, 5) is 0.292. The summed E-state index contributed by atoms with van der Waals surface area (Å²) in [7, 11) is -3.45. The molecule has 1 fully saturated rings. The van der Waals surface area contributed by atoms with E-state index in [1.165, 1.54) is 5.75 Å². The molecule has 1 atom stereocenters. The van der Waals surface area contributed by atoms with Gasteiger partial charge in [0, 0.05) is 17.1 Å². The van der Waals surface area contributed by atoms with Crippen LogP contribution in [0.25, 0.3) is 0 Å². The van der Waals surface area contributed by atoms with Gasteiger partial charge < -0.3 is 9.47 Å². The normalized spacial score (nSPS) is 24.1. The van der Waals surface area contributed by atoms with Gasteiger partial charge in [0.05, 0.1) is 9.84 Å². The van der Waals surface area contributed by atoms with Gasteiger partial charge in [-0.3, -0.25) is 8.42 Å². The largest absolute Gasteiger partial charge is 1.00 e. The van der Waals surface area contributed by atoms with Crippen LogP contribution in [0.3, 0.4) is 0 Å². The fraction of sp³-hybridized carbons (Fsp3) is 0.533. The topological polar surface area (TPSA) is 52.6 Å². The van der Waals surface area contributed by atoms with Gasteiger partial charge in [0.25, 0.3) is 0 Å². The summed E-state index contributed by atoms with van der Waals surface area (Å²) >= 11 is 0. The minimum atomic E-state index is -3.45. The van der Waals surface area contributed by atoms with Gasteiger partial charge >= 0.3 is 18.9 Å². The molecule has 21 heavy (non-hydrogen) atoms. The van der Waals surface area contributed by atoms with Crippen molar-refractivity contribution < 1.29 is 36.8 Å². The van der Waals surface area contributed by atoms with Crippen LogP contribution in [0.2, 0.25) is 0 Å². The Kier molecular flexibility index (Phi) is 5.74.